The molecule has 6 heteroatoms. The Kier molecular flexibility index (Phi) is 4.91. The zero-order chi connectivity index (χ0) is 13.7. The van der Waals surface area contributed by atoms with Crippen LogP contribution in [0.15, 0.2) is 12.3 Å². The molecule has 0 bridgehead atoms. The van der Waals surface area contributed by atoms with Gasteiger partial charge >= 0.3 is 5.97 Å². The van der Waals surface area contributed by atoms with E-state index in [-0.39, 0.29) is 5.56 Å². The molecule has 0 fully saturated rings. The summed E-state index contributed by atoms with van der Waals surface area (Å²) >= 11 is 0. The van der Waals surface area contributed by atoms with Crippen LogP contribution < -0.4 is 11.1 Å². The Bertz CT molecular complexity index is 421. The molecule has 0 saturated heterocycles. The van der Waals surface area contributed by atoms with Gasteiger partial charge in [-0.1, -0.05) is 0 Å². The number of rotatable bonds is 6. The smallest absolute Gasteiger partial charge is 0.337 e. The number of nitrogens with zero attached hydrogens (tertiary/aromatic N) is 2. The summed E-state index contributed by atoms with van der Waals surface area (Å²) in [6, 6.07) is 1.88. The van der Waals surface area contributed by atoms with Crippen molar-refractivity contribution in [3.63, 3.8) is 0 Å². The minimum atomic E-state index is -1.03. The molecule has 6 nitrogen and oxygen atoms in total. The van der Waals surface area contributed by atoms with Gasteiger partial charge < -0.3 is 21.1 Å². The van der Waals surface area contributed by atoms with E-state index in [1.807, 2.05) is 7.05 Å². The fourth-order valence-electron chi connectivity index (χ4n) is 1.36. The van der Waals surface area contributed by atoms with E-state index in [2.05, 4.69) is 29.0 Å². The predicted octanol–water partition coefficient (Wildman–Crippen LogP) is 1.11. The summed E-state index contributed by atoms with van der Waals surface area (Å²) < 4.78 is 0. The lowest BCUT2D eigenvalue weighted by Crippen LogP contribution is -2.31. The molecule has 18 heavy (non-hydrogen) atoms. The molecule has 0 unspecified atom stereocenters. The first-order chi connectivity index (χ1) is 8.41. The number of carbonyl (C=O) groups is 1. The number of anilines is 2. The minimum Gasteiger partial charge on any atom is -0.478 e. The van der Waals surface area contributed by atoms with Crippen LogP contribution >= 0.6 is 0 Å². The number of likely N-dealkylation sites (N-methyl/N-ethyl adjacent to an activating group) is 1. The molecule has 1 aromatic rings. The van der Waals surface area contributed by atoms with Gasteiger partial charge in [0, 0.05) is 25.3 Å². The fraction of sp³-hybridized carbons (Fsp3) is 0.500. The SMILES string of the molecule is CC(C)N(C)CCNc1ncc(C(=O)O)cc1N. The molecule has 1 heterocycles. The van der Waals surface area contributed by atoms with E-state index in [4.69, 9.17) is 10.8 Å². The molecule has 0 atom stereocenters. The summed E-state index contributed by atoms with van der Waals surface area (Å²) in [6.07, 6.45) is 1.30. The van der Waals surface area contributed by atoms with Gasteiger partial charge in [-0.2, -0.15) is 0 Å². The Morgan fingerprint density at radius 3 is 2.78 bits per heavy atom. The van der Waals surface area contributed by atoms with Gasteiger partial charge in [-0.3, -0.25) is 0 Å². The molecule has 0 aliphatic carbocycles. The first-order valence-corrected chi connectivity index (χ1v) is 5.84. The molecule has 0 aliphatic rings. The number of nitrogens with two attached hydrogens (primary N) is 1. The van der Waals surface area contributed by atoms with Crippen molar-refractivity contribution in [3.8, 4) is 0 Å². The zero-order valence-corrected chi connectivity index (χ0v) is 11.0. The number of hydrogen-bond acceptors (Lipinski definition) is 5. The number of nitrogens with one attached hydrogen (secondary N) is 1. The Labute approximate surface area is 107 Å². The highest BCUT2D eigenvalue weighted by Gasteiger charge is 2.08. The van der Waals surface area contributed by atoms with Crippen LogP contribution in [-0.4, -0.2) is 47.1 Å². The Morgan fingerprint density at radius 1 is 1.61 bits per heavy atom. The van der Waals surface area contributed by atoms with Crippen LogP contribution in [0.5, 0.6) is 0 Å². The van der Waals surface area contributed by atoms with Crippen LogP contribution in [0, 0.1) is 0 Å². The third-order valence-electron chi connectivity index (χ3n) is 2.80. The second kappa shape index (κ2) is 6.20. The van der Waals surface area contributed by atoms with Crippen molar-refractivity contribution in [3.05, 3.63) is 17.8 Å². The van der Waals surface area contributed by atoms with Gasteiger partial charge in [0.15, 0.2) is 0 Å². The lowest BCUT2D eigenvalue weighted by Gasteiger charge is -2.21. The summed E-state index contributed by atoms with van der Waals surface area (Å²) in [6.45, 7) is 5.81. The largest absolute Gasteiger partial charge is 0.478 e. The third-order valence-corrected chi connectivity index (χ3v) is 2.80. The lowest BCUT2D eigenvalue weighted by molar-refractivity contribution is 0.0696. The number of aromatic nitrogens is 1. The van der Waals surface area contributed by atoms with Crippen molar-refractivity contribution < 1.29 is 9.90 Å². The van der Waals surface area contributed by atoms with E-state index in [0.29, 0.717) is 24.1 Å². The van der Waals surface area contributed by atoms with Crippen molar-refractivity contribution in [2.75, 3.05) is 31.2 Å². The Balaban J connectivity index is 2.56. The maximum absolute atomic E-state index is 10.7. The second-order valence-corrected chi connectivity index (χ2v) is 4.47. The van der Waals surface area contributed by atoms with Crippen LogP contribution in [0.2, 0.25) is 0 Å². The van der Waals surface area contributed by atoms with Crippen LogP contribution in [0.25, 0.3) is 0 Å². The number of pyridine rings is 1. The summed E-state index contributed by atoms with van der Waals surface area (Å²) in [4.78, 5) is 16.9. The normalized spacial score (nSPS) is 10.9. The standard InChI is InChI=1S/C12H20N4O2/c1-8(2)16(3)5-4-14-11-10(13)6-9(7-15-11)12(17)18/h6-8H,4-5,13H2,1-3H3,(H,14,15)(H,17,18). The van der Waals surface area contributed by atoms with E-state index >= 15 is 0 Å². The average Bonchev–Trinajstić information content (AvgIpc) is 2.30. The number of carboxylic acids is 1. The van der Waals surface area contributed by atoms with Gasteiger partial charge in [-0.15, -0.1) is 0 Å². The van der Waals surface area contributed by atoms with Crippen molar-refractivity contribution in [1.82, 2.24) is 9.88 Å². The molecule has 100 valence electrons. The lowest BCUT2D eigenvalue weighted by atomic mass is 10.2. The molecule has 0 aromatic carbocycles. The zero-order valence-electron chi connectivity index (χ0n) is 11.0. The fourth-order valence-corrected chi connectivity index (χ4v) is 1.36. The summed E-state index contributed by atoms with van der Waals surface area (Å²) in [5.74, 6) is -0.502. The molecule has 4 N–H and O–H groups in total. The van der Waals surface area contributed by atoms with Crippen LogP contribution in [0.3, 0.4) is 0 Å². The molecule has 0 saturated carbocycles. The highest BCUT2D eigenvalue weighted by Crippen LogP contribution is 2.16. The maximum Gasteiger partial charge on any atom is 0.337 e. The van der Waals surface area contributed by atoms with Gasteiger partial charge in [-0.05, 0) is 27.0 Å². The first kappa shape index (κ1) is 14.2. The molecule has 0 aliphatic heterocycles. The Hall–Kier alpha value is -1.82. The third kappa shape index (κ3) is 3.89. The molecule has 0 spiro atoms. The highest BCUT2D eigenvalue weighted by molar-refractivity contribution is 5.89. The summed E-state index contributed by atoms with van der Waals surface area (Å²) in [5, 5.41) is 11.9. The Morgan fingerprint density at radius 2 is 2.28 bits per heavy atom. The predicted molar refractivity (Wildman–Crippen MR) is 71.9 cm³/mol. The van der Waals surface area contributed by atoms with E-state index in [1.54, 1.807) is 0 Å². The van der Waals surface area contributed by atoms with Gasteiger partial charge in [0.05, 0.1) is 11.3 Å². The minimum absolute atomic E-state index is 0.0948. The highest BCUT2D eigenvalue weighted by atomic mass is 16.4. The van der Waals surface area contributed by atoms with Gasteiger partial charge in [0.2, 0.25) is 0 Å². The summed E-state index contributed by atoms with van der Waals surface area (Å²) in [5.41, 5.74) is 6.18. The summed E-state index contributed by atoms with van der Waals surface area (Å²) in [7, 11) is 2.04. The van der Waals surface area contributed by atoms with Gasteiger partial charge in [0.1, 0.15) is 5.82 Å². The second-order valence-electron chi connectivity index (χ2n) is 4.47. The number of nitrogen functional groups attached to an aromatic ring is 1. The van der Waals surface area contributed by atoms with Gasteiger partial charge in [0.25, 0.3) is 0 Å². The van der Waals surface area contributed by atoms with E-state index in [1.165, 1.54) is 12.3 Å². The van der Waals surface area contributed by atoms with Crippen molar-refractivity contribution in [2.45, 2.75) is 19.9 Å². The van der Waals surface area contributed by atoms with Gasteiger partial charge in [-0.25, -0.2) is 9.78 Å². The molecule has 1 aromatic heterocycles. The van der Waals surface area contributed by atoms with E-state index in [9.17, 15) is 4.79 Å². The number of aromatic carboxylic acids is 1. The molecule has 1 rings (SSSR count). The van der Waals surface area contributed by atoms with Crippen LogP contribution in [-0.2, 0) is 0 Å². The number of hydrogen-bond donors (Lipinski definition) is 3. The first-order valence-electron chi connectivity index (χ1n) is 5.84. The quantitative estimate of drug-likeness (QED) is 0.702. The maximum atomic E-state index is 10.7. The molecule has 0 amide bonds. The van der Waals surface area contributed by atoms with Crippen LogP contribution in [0.4, 0.5) is 11.5 Å². The van der Waals surface area contributed by atoms with E-state index in [0.717, 1.165) is 6.54 Å². The molecule has 0 radical (unpaired) electrons. The molecular formula is C12H20N4O2. The average molecular weight is 252 g/mol. The monoisotopic (exact) mass is 252 g/mol. The van der Waals surface area contributed by atoms with E-state index < -0.39 is 5.97 Å². The van der Waals surface area contributed by atoms with Crippen molar-refractivity contribution in [2.24, 2.45) is 0 Å². The topological polar surface area (TPSA) is 91.5 Å². The molecular weight excluding hydrogens is 232 g/mol. The van der Waals surface area contributed by atoms with Crippen molar-refractivity contribution >= 4 is 17.5 Å². The number of carboxylic acid groups (broad SMARTS) is 1. The van der Waals surface area contributed by atoms with Crippen molar-refractivity contribution in [1.29, 1.82) is 0 Å². The van der Waals surface area contributed by atoms with Crippen LogP contribution in [0.1, 0.15) is 24.2 Å².